The average Bonchev–Trinajstić information content (AvgIpc) is 3.24. The fourth-order valence-electron chi connectivity index (χ4n) is 9.48. The highest BCUT2D eigenvalue weighted by Crippen LogP contribution is 2.43. The maximum absolute atomic E-state index is 4.69. The zero-order chi connectivity index (χ0) is 37.3. The highest BCUT2D eigenvalue weighted by molar-refractivity contribution is 6.97. The molecule has 0 aliphatic carbocycles. The van der Waals surface area contributed by atoms with Crippen LogP contribution in [-0.2, 0) is 10.8 Å². The van der Waals surface area contributed by atoms with Crippen LogP contribution in [0.3, 0.4) is 0 Å². The van der Waals surface area contributed by atoms with Gasteiger partial charge in [0.2, 0.25) is 6.71 Å². The van der Waals surface area contributed by atoms with Crippen LogP contribution in [0.2, 0.25) is 0 Å². The molecule has 2 aliphatic heterocycles. The van der Waals surface area contributed by atoms with Crippen molar-refractivity contribution in [2.24, 2.45) is 0 Å². The monoisotopic (exact) mass is 704 g/mol. The summed E-state index contributed by atoms with van der Waals surface area (Å²) in [6, 6.07) is 60.2. The minimum atomic E-state index is -0.139. The van der Waals surface area contributed by atoms with Crippen LogP contribution in [0.5, 0.6) is 0 Å². The minimum Gasteiger partial charge on any atom is -0.256 e. The second-order valence-electron chi connectivity index (χ2n) is 16.2. The Hall–Kier alpha value is -6.32. The van der Waals surface area contributed by atoms with E-state index in [0.717, 1.165) is 33.6 Å². The first kappa shape index (κ1) is 33.3. The molecule has 0 unspecified atom stereocenters. The van der Waals surface area contributed by atoms with E-state index in [-0.39, 0.29) is 17.5 Å². The van der Waals surface area contributed by atoms with Crippen molar-refractivity contribution in [3.05, 3.63) is 198 Å². The molecule has 262 valence electrons. The van der Waals surface area contributed by atoms with Crippen LogP contribution in [0.1, 0.15) is 49.9 Å². The fourth-order valence-corrected chi connectivity index (χ4v) is 9.48. The third-order valence-electron chi connectivity index (χ3n) is 12.3. The summed E-state index contributed by atoms with van der Waals surface area (Å²) in [4.78, 5) is 9.38. The Morgan fingerprint density at radius 2 is 0.727 bits per heavy atom. The second kappa shape index (κ2) is 12.6. The number of benzene rings is 6. The summed E-state index contributed by atoms with van der Waals surface area (Å²) in [5, 5.41) is 0. The van der Waals surface area contributed by atoms with Gasteiger partial charge >= 0.3 is 0 Å². The zero-order valence-electron chi connectivity index (χ0n) is 31.7. The molecule has 8 aromatic rings. The summed E-state index contributed by atoms with van der Waals surface area (Å²) in [6.45, 7) is 9.90. The molecule has 0 bridgehead atoms. The molecule has 4 heterocycles. The van der Waals surface area contributed by atoms with E-state index in [1.807, 2.05) is 36.7 Å². The van der Waals surface area contributed by atoms with E-state index in [1.54, 1.807) is 0 Å². The van der Waals surface area contributed by atoms with E-state index in [1.165, 1.54) is 60.9 Å². The molecule has 2 nitrogen and oxygen atoms in total. The largest absolute Gasteiger partial charge is 0.256 e. The Labute approximate surface area is 324 Å². The molecule has 0 radical (unpaired) electrons. The third kappa shape index (κ3) is 5.41. The number of pyridine rings is 2. The number of hydrogen-bond donors (Lipinski definition) is 0. The molecular formula is C52H41BN2. The van der Waals surface area contributed by atoms with Gasteiger partial charge < -0.3 is 0 Å². The Morgan fingerprint density at radius 1 is 0.345 bits per heavy atom. The summed E-state index contributed by atoms with van der Waals surface area (Å²) in [5.74, 6) is 0. The molecule has 10 rings (SSSR count). The maximum atomic E-state index is 4.69. The number of hydrogen-bond acceptors (Lipinski definition) is 2. The van der Waals surface area contributed by atoms with Gasteiger partial charge in [0, 0.05) is 34.4 Å². The highest BCUT2D eigenvalue weighted by atomic mass is 14.7. The lowest BCUT2D eigenvalue weighted by molar-refractivity contribution is 0.622. The van der Waals surface area contributed by atoms with Crippen LogP contribution in [0.4, 0.5) is 0 Å². The molecule has 0 saturated heterocycles. The van der Waals surface area contributed by atoms with Gasteiger partial charge in [-0.05, 0) is 110 Å². The smallest absolute Gasteiger partial charge is 0.242 e. The van der Waals surface area contributed by atoms with Crippen molar-refractivity contribution in [3.63, 3.8) is 0 Å². The van der Waals surface area contributed by atoms with Crippen LogP contribution < -0.4 is 16.4 Å². The molecule has 0 amide bonds. The molecule has 0 spiro atoms. The average molecular weight is 705 g/mol. The van der Waals surface area contributed by atoms with Crippen LogP contribution >= 0.6 is 0 Å². The number of rotatable bonds is 5. The number of aromatic nitrogens is 2. The van der Waals surface area contributed by atoms with Gasteiger partial charge in [-0.25, -0.2) is 0 Å². The molecule has 0 saturated carbocycles. The first-order valence-electron chi connectivity index (χ1n) is 19.3. The molecule has 55 heavy (non-hydrogen) atoms. The van der Waals surface area contributed by atoms with Gasteiger partial charge in [0.1, 0.15) is 0 Å². The van der Waals surface area contributed by atoms with E-state index in [2.05, 4.69) is 177 Å². The normalized spacial score (nSPS) is 14.4. The van der Waals surface area contributed by atoms with E-state index in [9.17, 15) is 0 Å². The fraction of sp³-hybridized carbons (Fsp3) is 0.115. The lowest BCUT2D eigenvalue weighted by atomic mass is 9.27. The molecule has 3 heteroatoms. The van der Waals surface area contributed by atoms with Gasteiger partial charge in [0.05, 0.1) is 11.4 Å². The first-order chi connectivity index (χ1) is 26.8. The Balaban J connectivity index is 1.10. The van der Waals surface area contributed by atoms with Crippen LogP contribution in [0.15, 0.2) is 176 Å². The van der Waals surface area contributed by atoms with E-state index < -0.39 is 0 Å². The summed E-state index contributed by atoms with van der Waals surface area (Å²) in [6.07, 6.45) is 3.71. The molecule has 2 aromatic heterocycles. The molecular weight excluding hydrogens is 663 g/mol. The summed E-state index contributed by atoms with van der Waals surface area (Å²) < 4.78 is 0. The van der Waals surface area contributed by atoms with Gasteiger partial charge in [0.15, 0.2) is 0 Å². The van der Waals surface area contributed by atoms with Crippen LogP contribution in [0, 0.1) is 0 Å². The quantitative estimate of drug-likeness (QED) is 0.167. The lowest BCUT2D eigenvalue weighted by Crippen LogP contribution is -2.66. The molecule has 0 fully saturated rings. The zero-order valence-corrected chi connectivity index (χ0v) is 31.7. The summed E-state index contributed by atoms with van der Waals surface area (Å²) >= 11 is 0. The van der Waals surface area contributed by atoms with Crippen molar-refractivity contribution >= 4 is 23.1 Å². The third-order valence-corrected chi connectivity index (χ3v) is 12.3. The Morgan fingerprint density at radius 3 is 1.18 bits per heavy atom. The molecule has 0 atom stereocenters. The Kier molecular flexibility index (Phi) is 7.64. The van der Waals surface area contributed by atoms with Crippen molar-refractivity contribution in [2.75, 3.05) is 0 Å². The van der Waals surface area contributed by atoms with Crippen molar-refractivity contribution in [1.82, 2.24) is 9.97 Å². The maximum Gasteiger partial charge on any atom is 0.242 e. The lowest BCUT2D eigenvalue weighted by Gasteiger charge is -2.47. The van der Waals surface area contributed by atoms with Gasteiger partial charge in [-0.3, -0.25) is 9.97 Å². The molecule has 6 aromatic carbocycles. The topological polar surface area (TPSA) is 25.8 Å². The standard InChI is InChI=1S/C52H41BN2/c1-51(2)42-19-5-7-21-46(42)53-47-22-8-6-20-43(47)52(3,4)45-33-39(32-44(51)50(45)53)37-18-14-16-35(28-37)34-15-13-17-36(27-34)38-29-40(48-23-9-11-25-54-48)31-41(30-38)49-24-10-12-26-55-49/h5-33H,1-4H3. The predicted molar refractivity (Wildman–Crippen MR) is 231 cm³/mol. The van der Waals surface area contributed by atoms with Crippen molar-refractivity contribution in [2.45, 2.75) is 38.5 Å². The van der Waals surface area contributed by atoms with Crippen molar-refractivity contribution in [3.8, 4) is 55.9 Å². The van der Waals surface area contributed by atoms with Crippen LogP contribution in [0.25, 0.3) is 55.9 Å². The van der Waals surface area contributed by atoms with E-state index in [4.69, 9.17) is 0 Å². The van der Waals surface area contributed by atoms with Crippen molar-refractivity contribution in [1.29, 1.82) is 0 Å². The summed E-state index contributed by atoms with van der Waals surface area (Å²) in [7, 11) is 0. The molecule has 0 N–H and O–H groups in total. The SMILES string of the molecule is CC1(C)c2ccccc2B2c3ccccc3C(C)(C)c3cc(-c4cccc(-c5cccc(-c6cc(-c7ccccn7)cc(-c7ccccn7)c6)c5)c4)cc1c32. The van der Waals surface area contributed by atoms with Gasteiger partial charge in [0.25, 0.3) is 0 Å². The van der Waals surface area contributed by atoms with Gasteiger partial charge in [-0.1, -0.05) is 153 Å². The highest BCUT2D eigenvalue weighted by Gasteiger charge is 2.48. The minimum absolute atomic E-state index is 0.139. The van der Waals surface area contributed by atoms with E-state index >= 15 is 0 Å². The number of fused-ring (bicyclic) bond motifs is 4. The van der Waals surface area contributed by atoms with Crippen LogP contribution in [-0.4, -0.2) is 16.7 Å². The van der Waals surface area contributed by atoms with E-state index in [0.29, 0.717) is 0 Å². The second-order valence-corrected chi connectivity index (χ2v) is 16.2. The first-order valence-corrected chi connectivity index (χ1v) is 19.3. The van der Waals surface area contributed by atoms with Gasteiger partial charge in [-0.15, -0.1) is 0 Å². The van der Waals surface area contributed by atoms with Crippen molar-refractivity contribution < 1.29 is 0 Å². The molecule has 2 aliphatic rings. The number of nitrogens with zero attached hydrogens (tertiary/aromatic N) is 2. The van der Waals surface area contributed by atoms with Gasteiger partial charge in [-0.2, -0.15) is 0 Å². The Bertz CT molecular complexity index is 2630. The predicted octanol–water partition coefficient (Wildman–Crippen LogP) is 10.6. The summed E-state index contributed by atoms with van der Waals surface area (Å²) in [5.41, 5.74) is 21.0.